The van der Waals surface area contributed by atoms with Gasteiger partial charge in [-0.05, 0) is 37.0 Å². The van der Waals surface area contributed by atoms with Gasteiger partial charge in [-0.25, -0.2) is 9.97 Å². The third-order valence-electron chi connectivity index (χ3n) is 4.80. The quantitative estimate of drug-likeness (QED) is 0.876. The molecule has 1 aromatic heterocycles. The topological polar surface area (TPSA) is 72.1 Å². The zero-order chi connectivity index (χ0) is 19.8. The molecule has 0 aliphatic carbocycles. The van der Waals surface area contributed by atoms with Crippen LogP contribution < -0.4 is 10.6 Å². The van der Waals surface area contributed by atoms with E-state index < -0.39 is 17.6 Å². The number of hydrogen-bond acceptors (Lipinski definition) is 4. The van der Waals surface area contributed by atoms with Crippen LogP contribution in [-0.4, -0.2) is 28.5 Å². The molecule has 8 heteroatoms. The number of aromatic nitrogens is 2. The lowest BCUT2D eigenvalue weighted by Crippen LogP contribution is -2.35. The Kier molecular flexibility index (Phi) is 5.08. The van der Waals surface area contributed by atoms with Gasteiger partial charge in [-0.1, -0.05) is 26.0 Å². The molecule has 0 bridgehead atoms. The molecule has 2 aromatic rings. The first-order valence-corrected chi connectivity index (χ1v) is 8.80. The van der Waals surface area contributed by atoms with Crippen molar-refractivity contribution in [1.29, 1.82) is 0 Å². The van der Waals surface area contributed by atoms with Crippen LogP contribution in [0, 0.1) is 5.92 Å². The van der Waals surface area contributed by atoms with Crippen LogP contribution in [0.3, 0.4) is 0 Å². The maximum atomic E-state index is 12.8. The molecular formula is C19H21F3N4O. The summed E-state index contributed by atoms with van der Waals surface area (Å²) in [5.41, 5.74) is 5.55. The number of nitrogens with two attached hydrogens (primary N) is 1. The lowest BCUT2D eigenvalue weighted by Gasteiger charge is -2.28. The normalized spacial score (nSPS) is 17.6. The van der Waals surface area contributed by atoms with Crippen molar-refractivity contribution >= 4 is 11.9 Å². The number of amides is 1. The highest BCUT2D eigenvalue weighted by atomic mass is 19.4. The number of hydrogen-bond donors (Lipinski definition) is 1. The van der Waals surface area contributed by atoms with E-state index in [9.17, 15) is 18.0 Å². The molecule has 1 aliphatic rings. The van der Waals surface area contributed by atoms with Crippen LogP contribution in [0.4, 0.5) is 19.1 Å². The SMILES string of the molecule is CC(C)C1CCCN1c1nc(C(N)=O)cc(-c2ccc(C(F)(F)F)cc2)n1. The summed E-state index contributed by atoms with van der Waals surface area (Å²) < 4.78 is 38.4. The third kappa shape index (κ3) is 4.04. The molecule has 1 aliphatic heterocycles. The maximum Gasteiger partial charge on any atom is 0.416 e. The van der Waals surface area contributed by atoms with Crippen LogP contribution in [0.5, 0.6) is 0 Å². The van der Waals surface area contributed by atoms with E-state index in [0.29, 0.717) is 23.1 Å². The van der Waals surface area contributed by atoms with E-state index in [1.54, 1.807) is 0 Å². The molecule has 0 saturated carbocycles. The highest BCUT2D eigenvalue weighted by molar-refractivity contribution is 5.92. The zero-order valence-corrected chi connectivity index (χ0v) is 15.1. The number of primary amides is 1. The average molecular weight is 378 g/mol. The van der Waals surface area contributed by atoms with Gasteiger partial charge in [-0.15, -0.1) is 0 Å². The summed E-state index contributed by atoms with van der Waals surface area (Å²) in [5.74, 6) is 0.0624. The summed E-state index contributed by atoms with van der Waals surface area (Å²) in [6.45, 7) is 4.98. The van der Waals surface area contributed by atoms with E-state index >= 15 is 0 Å². The number of halogens is 3. The fourth-order valence-corrected chi connectivity index (χ4v) is 3.40. The molecule has 0 spiro atoms. The largest absolute Gasteiger partial charge is 0.416 e. The predicted molar refractivity (Wildman–Crippen MR) is 96.2 cm³/mol. The first-order valence-electron chi connectivity index (χ1n) is 8.80. The van der Waals surface area contributed by atoms with Gasteiger partial charge in [0.15, 0.2) is 0 Å². The van der Waals surface area contributed by atoms with Gasteiger partial charge < -0.3 is 10.6 Å². The highest BCUT2D eigenvalue weighted by Gasteiger charge is 2.31. The van der Waals surface area contributed by atoms with E-state index in [2.05, 4.69) is 23.8 Å². The Bertz CT molecular complexity index is 834. The van der Waals surface area contributed by atoms with Crippen molar-refractivity contribution in [2.24, 2.45) is 11.7 Å². The van der Waals surface area contributed by atoms with Gasteiger partial charge in [0.05, 0.1) is 11.3 Å². The number of anilines is 1. The van der Waals surface area contributed by atoms with Gasteiger partial charge in [0.2, 0.25) is 5.95 Å². The summed E-state index contributed by atoms with van der Waals surface area (Å²) in [6, 6.07) is 6.32. The Balaban J connectivity index is 2.03. The molecule has 5 nitrogen and oxygen atoms in total. The second-order valence-electron chi connectivity index (χ2n) is 7.02. The van der Waals surface area contributed by atoms with Gasteiger partial charge in [-0.3, -0.25) is 4.79 Å². The lowest BCUT2D eigenvalue weighted by molar-refractivity contribution is -0.137. The van der Waals surface area contributed by atoms with Crippen LogP contribution >= 0.6 is 0 Å². The highest BCUT2D eigenvalue weighted by Crippen LogP contribution is 2.32. The van der Waals surface area contributed by atoms with Gasteiger partial charge in [-0.2, -0.15) is 13.2 Å². The van der Waals surface area contributed by atoms with Crippen LogP contribution in [0.2, 0.25) is 0 Å². The molecule has 1 fully saturated rings. The van der Waals surface area contributed by atoms with Crippen molar-refractivity contribution in [3.05, 3.63) is 41.6 Å². The minimum Gasteiger partial charge on any atom is -0.364 e. The number of alkyl halides is 3. The van der Waals surface area contributed by atoms with Gasteiger partial charge >= 0.3 is 6.18 Å². The number of nitrogens with zero attached hydrogens (tertiary/aromatic N) is 3. The van der Waals surface area contributed by atoms with Crippen LogP contribution in [-0.2, 0) is 6.18 Å². The summed E-state index contributed by atoms with van der Waals surface area (Å²) in [7, 11) is 0. The molecule has 144 valence electrons. The fraction of sp³-hybridized carbons (Fsp3) is 0.421. The van der Waals surface area contributed by atoms with Gasteiger partial charge in [0.1, 0.15) is 5.69 Å². The lowest BCUT2D eigenvalue weighted by atomic mass is 10.0. The Hall–Kier alpha value is -2.64. The second-order valence-corrected chi connectivity index (χ2v) is 7.02. The van der Waals surface area contributed by atoms with E-state index in [0.717, 1.165) is 31.5 Å². The standard InChI is InChI=1S/C19H21F3N4O/c1-11(2)16-4-3-9-26(16)18-24-14(10-15(25-18)17(23)27)12-5-7-13(8-6-12)19(20,21)22/h5-8,10-11,16H,3-4,9H2,1-2H3,(H2,23,27). The molecule has 3 rings (SSSR count). The smallest absolute Gasteiger partial charge is 0.364 e. The predicted octanol–water partition coefficient (Wildman–Crippen LogP) is 3.89. The summed E-state index contributed by atoms with van der Waals surface area (Å²) in [4.78, 5) is 22.6. The zero-order valence-electron chi connectivity index (χ0n) is 15.1. The van der Waals surface area contributed by atoms with Crippen LogP contribution in [0.15, 0.2) is 30.3 Å². The van der Waals surface area contributed by atoms with Crippen LogP contribution in [0.1, 0.15) is 42.7 Å². The first-order chi connectivity index (χ1) is 12.7. The molecule has 27 heavy (non-hydrogen) atoms. The molecule has 2 heterocycles. The first kappa shape index (κ1) is 19.1. The monoisotopic (exact) mass is 378 g/mol. The third-order valence-corrected chi connectivity index (χ3v) is 4.80. The van der Waals surface area contributed by atoms with Crippen molar-refractivity contribution in [2.75, 3.05) is 11.4 Å². The van der Waals surface area contributed by atoms with Gasteiger partial charge in [0, 0.05) is 18.2 Å². The van der Waals surface area contributed by atoms with E-state index in [4.69, 9.17) is 5.73 Å². The number of carbonyl (C=O) groups is 1. The summed E-state index contributed by atoms with van der Waals surface area (Å²) >= 11 is 0. The minimum absolute atomic E-state index is 0.0457. The Labute approximate surface area is 155 Å². The molecule has 2 N–H and O–H groups in total. The molecule has 1 aromatic carbocycles. The van der Waals surface area contributed by atoms with Gasteiger partial charge in [0.25, 0.3) is 5.91 Å². The summed E-state index contributed by atoms with van der Waals surface area (Å²) in [5, 5.41) is 0. The summed E-state index contributed by atoms with van der Waals surface area (Å²) in [6.07, 6.45) is -2.42. The molecular weight excluding hydrogens is 357 g/mol. The second kappa shape index (κ2) is 7.17. The number of rotatable bonds is 4. The van der Waals surface area contributed by atoms with E-state index in [1.165, 1.54) is 18.2 Å². The molecule has 1 atom stereocenters. The number of carbonyl (C=O) groups excluding carboxylic acids is 1. The Morgan fingerprint density at radius 2 is 1.89 bits per heavy atom. The van der Waals surface area contributed by atoms with Crippen molar-refractivity contribution < 1.29 is 18.0 Å². The van der Waals surface area contributed by atoms with Crippen molar-refractivity contribution in [3.63, 3.8) is 0 Å². The van der Waals surface area contributed by atoms with Crippen LogP contribution in [0.25, 0.3) is 11.3 Å². The van der Waals surface area contributed by atoms with Crippen molar-refractivity contribution in [1.82, 2.24) is 9.97 Å². The van der Waals surface area contributed by atoms with Crippen molar-refractivity contribution in [3.8, 4) is 11.3 Å². The Morgan fingerprint density at radius 3 is 2.44 bits per heavy atom. The minimum atomic E-state index is -4.41. The molecule has 1 amide bonds. The number of benzene rings is 1. The van der Waals surface area contributed by atoms with E-state index in [-0.39, 0.29) is 11.7 Å². The molecule has 1 unspecified atom stereocenters. The average Bonchev–Trinajstić information content (AvgIpc) is 3.11. The Morgan fingerprint density at radius 1 is 1.22 bits per heavy atom. The van der Waals surface area contributed by atoms with E-state index in [1.807, 2.05) is 4.90 Å². The molecule has 1 saturated heterocycles. The maximum absolute atomic E-state index is 12.8. The van der Waals surface area contributed by atoms with Crippen molar-refractivity contribution in [2.45, 2.75) is 38.9 Å². The molecule has 0 radical (unpaired) electrons. The fourth-order valence-electron chi connectivity index (χ4n) is 3.40.